The van der Waals surface area contributed by atoms with Crippen molar-refractivity contribution >= 4 is 17.4 Å². The number of methoxy groups -OCH3 is 2. The zero-order valence-corrected chi connectivity index (χ0v) is 14.7. The minimum atomic E-state index is -0.443. The number of nitrogens with one attached hydrogen (secondary N) is 1. The molecule has 2 amide bonds. The third-order valence-electron chi connectivity index (χ3n) is 4.56. The normalized spacial score (nSPS) is 19.1. The van der Waals surface area contributed by atoms with Crippen molar-refractivity contribution in [2.75, 3.05) is 24.4 Å². The molecule has 0 spiro atoms. The van der Waals surface area contributed by atoms with Gasteiger partial charge in [-0.3, -0.25) is 4.90 Å². The van der Waals surface area contributed by atoms with Crippen LogP contribution in [0.3, 0.4) is 0 Å². The van der Waals surface area contributed by atoms with Gasteiger partial charge in [-0.05, 0) is 55.8 Å². The molecule has 3 N–H and O–H groups in total. The molecule has 0 bridgehead atoms. The van der Waals surface area contributed by atoms with E-state index in [1.165, 1.54) is 0 Å². The number of benzene rings is 2. The van der Waals surface area contributed by atoms with Crippen LogP contribution in [0.25, 0.3) is 0 Å². The minimum Gasteiger partial charge on any atom is -0.497 e. The van der Waals surface area contributed by atoms with E-state index in [1.54, 1.807) is 19.1 Å². The highest BCUT2D eigenvalue weighted by molar-refractivity contribution is 5.93. The number of amides is 2. The van der Waals surface area contributed by atoms with Crippen LogP contribution in [0.2, 0.25) is 0 Å². The fourth-order valence-corrected chi connectivity index (χ4v) is 3.33. The van der Waals surface area contributed by atoms with E-state index in [0.717, 1.165) is 34.9 Å². The molecule has 3 rings (SSSR count). The molecule has 1 heterocycles. The van der Waals surface area contributed by atoms with E-state index in [-0.39, 0.29) is 12.1 Å². The molecule has 2 aromatic carbocycles. The molecule has 0 aliphatic carbocycles. The Hall–Kier alpha value is -2.89. The average molecular weight is 341 g/mol. The van der Waals surface area contributed by atoms with Gasteiger partial charge in [-0.1, -0.05) is 0 Å². The van der Waals surface area contributed by atoms with Crippen LogP contribution >= 0.6 is 0 Å². The van der Waals surface area contributed by atoms with Gasteiger partial charge in [0.05, 0.1) is 25.9 Å². The van der Waals surface area contributed by atoms with Gasteiger partial charge in [0.15, 0.2) is 0 Å². The number of anilines is 2. The Kier molecular flexibility index (Phi) is 4.70. The number of urea groups is 1. The molecule has 0 radical (unpaired) electrons. The van der Waals surface area contributed by atoms with Crippen molar-refractivity contribution in [3.63, 3.8) is 0 Å². The van der Waals surface area contributed by atoms with Gasteiger partial charge in [0, 0.05) is 17.3 Å². The fourth-order valence-electron chi connectivity index (χ4n) is 3.33. The van der Waals surface area contributed by atoms with Crippen molar-refractivity contribution in [2.24, 2.45) is 5.73 Å². The quantitative estimate of drug-likeness (QED) is 0.892. The first kappa shape index (κ1) is 17.0. The second-order valence-corrected chi connectivity index (χ2v) is 6.14. The molecule has 25 heavy (non-hydrogen) atoms. The van der Waals surface area contributed by atoms with Gasteiger partial charge in [-0.25, -0.2) is 4.79 Å². The zero-order chi connectivity index (χ0) is 18.0. The lowest BCUT2D eigenvalue weighted by atomic mass is 9.91. The third kappa shape index (κ3) is 3.33. The minimum absolute atomic E-state index is 0.00542. The highest BCUT2D eigenvalue weighted by Gasteiger charge is 2.33. The van der Waals surface area contributed by atoms with E-state index in [4.69, 9.17) is 15.2 Å². The van der Waals surface area contributed by atoms with Crippen molar-refractivity contribution in [1.82, 2.24) is 0 Å². The molecule has 0 fully saturated rings. The summed E-state index contributed by atoms with van der Waals surface area (Å²) in [6, 6.07) is 13.1. The SMILES string of the molecule is COc1ccc(NC2CC(C)N(C(N)=O)c3ccc(OC)cc32)cc1. The Morgan fingerprint density at radius 3 is 2.36 bits per heavy atom. The number of nitrogens with zero attached hydrogens (tertiary/aromatic N) is 1. The predicted octanol–water partition coefficient (Wildman–Crippen LogP) is 3.53. The van der Waals surface area contributed by atoms with E-state index in [0.29, 0.717) is 0 Å². The molecular weight excluding hydrogens is 318 g/mol. The Morgan fingerprint density at radius 1 is 1.12 bits per heavy atom. The lowest BCUT2D eigenvalue weighted by molar-refractivity contribution is 0.250. The van der Waals surface area contributed by atoms with Gasteiger partial charge in [-0.2, -0.15) is 0 Å². The first-order chi connectivity index (χ1) is 12.0. The van der Waals surface area contributed by atoms with Crippen molar-refractivity contribution in [2.45, 2.75) is 25.4 Å². The highest BCUT2D eigenvalue weighted by atomic mass is 16.5. The van der Waals surface area contributed by atoms with E-state index in [1.807, 2.05) is 49.4 Å². The number of carbonyl (C=O) groups excluding carboxylic acids is 1. The van der Waals surface area contributed by atoms with Crippen molar-refractivity contribution < 1.29 is 14.3 Å². The summed E-state index contributed by atoms with van der Waals surface area (Å²) in [5.41, 5.74) is 8.39. The van der Waals surface area contributed by atoms with Crippen LogP contribution in [0, 0.1) is 0 Å². The van der Waals surface area contributed by atoms with Crippen molar-refractivity contribution in [3.05, 3.63) is 48.0 Å². The lowest BCUT2D eigenvalue weighted by Gasteiger charge is -2.39. The Labute approximate surface area is 147 Å². The maximum absolute atomic E-state index is 11.9. The van der Waals surface area contributed by atoms with E-state index in [2.05, 4.69) is 5.32 Å². The van der Waals surface area contributed by atoms with Gasteiger partial charge in [0.25, 0.3) is 0 Å². The summed E-state index contributed by atoms with van der Waals surface area (Å²) < 4.78 is 10.6. The predicted molar refractivity (Wildman–Crippen MR) is 98.5 cm³/mol. The number of hydrogen-bond acceptors (Lipinski definition) is 4. The number of primary amides is 1. The first-order valence-electron chi connectivity index (χ1n) is 8.20. The summed E-state index contributed by atoms with van der Waals surface area (Å²) in [4.78, 5) is 13.5. The number of ether oxygens (including phenoxy) is 2. The molecular formula is C19H23N3O3. The standard InChI is InChI=1S/C19H23N3O3/c1-12-10-17(21-13-4-6-14(24-2)7-5-13)16-11-15(25-3)8-9-18(16)22(12)19(20)23/h4-9,11-12,17,21H,10H2,1-3H3,(H2,20,23). The number of nitrogens with two attached hydrogens (primary N) is 1. The van der Waals surface area contributed by atoms with Crippen LogP contribution in [0.15, 0.2) is 42.5 Å². The van der Waals surface area contributed by atoms with E-state index >= 15 is 0 Å². The van der Waals surface area contributed by atoms with Gasteiger partial charge >= 0.3 is 6.03 Å². The molecule has 2 atom stereocenters. The Bertz CT molecular complexity index is 761. The fraction of sp³-hybridized carbons (Fsp3) is 0.316. The van der Waals surface area contributed by atoms with Crippen LogP contribution in [-0.4, -0.2) is 26.3 Å². The van der Waals surface area contributed by atoms with Gasteiger partial charge < -0.3 is 20.5 Å². The van der Waals surface area contributed by atoms with Gasteiger partial charge in [-0.15, -0.1) is 0 Å². The first-order valence-corrected chi connectivity index (χ1v) is 8.20. The monoisotopic (exact) mass is 341 g/mol. The maximum Gasteiger partial charge on any atom is 0.319 e. The molecule has 1 aliphatic heterocycles. The zero-order valence-electron chi connectivity index (χ0n) is 14.7. The third-order valence-corrected chi connectivity index (χ3v) is 4.56. The molecule has 2 aromatic rings. The average Bonchev–Trinajstić information content (AvgIpc) is 2.61. The summed E-state index contributed by atoms with van der Waals surface area (Å²) in [7, 11) is 3.27. The molecule has 0 aromatic heterocycles. The van der Waals surface area contributed by atoms with Crippen LogP contribution in [-0.2, 0) is 0 Å². The van der Waals surface area contributed by atoms with E-state index in [9.17, 15) is 4.79 Å². The maximum atomic E-state index is 11.9. The van der Waals surface area contributed by atoms with Gasteiger partial charge in [0.1, 0.15) is 11.5 Å². The summed E-state index contributed by atoms with van der Waals surface area (Å²) in [6.45, 7) is 2.00. The van der Waals surface area contributed by atoms with Crippen molar-refractivity contribution in [3.8, 4) is 11.5 Å². The largest absolute Gasteiger partial charge is 0.497 e. The molecule has 0 saturated carbocycles. The van der Waals surface area contributed by atoms with Crippen LogP contribution in [0.5, 0.6) is 11.5 Å². The number of rotatable bonds is 4. The Morgan fingerprint density at radius 2 is 1.76 bits per heavy atom. The molecule has 2 unspecified atom stereocenters. The molecule has 6 nitrogen and oxygen atoms in total. The van der Waals surface area contributed by atoms with Crippen LogP contribution in [0.4, 0.5) is 16.2 Å². The molecule has 1 aliphatic rings. The summed E-state index contributed by atoms with van der Waals surface area (Å²) >= 11 is 0. The lowest BCUT2D eigenvalue weighted by Crippen LogP contribution is -2.47. The summed E-state index contributed by atoms with van der Waals surface area (Å²) in [5, 5.41) is 3.54. The summed E-state index contributed by atoms with van der Waals surface area (Å²) in [6.07, 6.45) is 0.745. The van der Waals surface area contributed by atoms with Crippen LogP contribution in [0.1, 0.15) is 24.9 Å². The topological polar surface area (TPSA) is 76.8 Å². The smallest absolute Gasteiger partial charge is 0.319 e. The molecule has 0 saturated heterocycles. The van der Waals surface area contributed by atoms with E-state index < -0.39 is 6.03 Å². The Balaban J connectivity index is 1.96. The highest BCUT2D eigenvalue weighted by Crippen LogP contribution is 2.40. The number of fused-ring (bicyclic) bond motifs is 1. The molecule has 6 heteroatoms. The van der Waals surface area contributed by atoms with Crippen LogP contribution < -0.4 is 25.4 Å². The second-order valence-electron chi connectivity index (χ2n) is 6.14. The van der Waals surface area contributed by atoms with Crippen molar-refractivity contribution in [1.29, 1.82) is 0 Å². The van der Waals surface area contributed by atoms with Gasteiger partial charge in [0.2, 0.25) is 0 Å². The molecule has 132 valence electrons. The second kappa shape index (κ2) is 6.93. The number of carbonyl (C=O) groups is 1. The number of hydrogen-bond donors (Lipinski definition) is 2. The summed E-state index contributed by atoms with van der Waals surface area (Å²) in [5.74, 6) is 1.56.